The van der Waals surface area contributed by atoms with Crippen LogP contribution in [0.4, 0.5) is 0 Å². The number of benzene rings is 2. The fourth-order valence-electron chi connectivity index (χ4n) is 1.60. The van der Waals surface area contributed by atoms with Crippen molar-refractivity contribution in [2.75, 3.05) is 0 Å². The molecule has 2 aromatic rings. The molecule has 0 saturated carbocycles. The van der Waals surface area contributed by atoms with E-state index in [2.05, 4.69) is 55.4 Å². The van der Waals surface area contributed by atoms with E-state index in [1.165, 1.54) is 11.1 Å². The van der Waals surface area contributed by atoms with Crippen molar-refractivity contribution in [3.05, 3.63) is 67.6 Å². The number of halogens is 3. The zero-order valence-corrected chi connectivity index (χ0v) is 13.5. The first-order chi connectivity index (χ1) is 8.65. The summed E-state index contributed by atoms with van der Waals surface area (Å²) in [6.45, 7) is 1.66. The molecule has 0 amide bonds. The van der Waals surface area contributed by atoms with Crippen LogP contribution in [0.25, 0.3) is 0 Å². The summed E-state index contributed by atoms with van der Waals surface area (Å²) in [6.07, 6.45) is 0. The molecule has 2 aromatic carbocycles. The van der Waals surface area contributed by atoms with Crippen molar-refractivity contribution in [2.24, 2.45) is 0 Å². The maximum absolute atomic E-state index is 6.05. The maximum Gasteiger partial charge on any atom is 0.0551 e. The SMILES string of the molecule is Clc1cc(CNCc2ccc(Br)cc2)ccc1Br. The molecule has 94 valence electrons. The Morgan fingerprint density at radius 1 is 0.889 bits per heavy atom. The standard InChI is InChI=1S/C14H12Br2ClN/c15-12-4-1-10(2-5-12)8-18-9-11-3-6-13(16)14(17)7-11/h1-7,18H,8-9H2. The molecule has 0 bridgehead atoms. The Hall–Kier alpha value is -0.350. The van der Waals surface area contributed by atoms with Gasteiger partial charge in [-0.15, -0.1) is 0 Å². The molecular weight excluding hydrogens is 377 g/mol. The van der Waals surface area contributed by atoms with E-state index in [1.807, 2.05) is 24.3 Å². The molecule has 1 nitrogen and oxygen atoms in total. The largest absolute Gasteiger partial charge is 0.309 e. The third-order valence-electron chi connectivity index (χ3n) is 2.56. The van der Waals surface area contributed by atoms with Crippen LogP contribution >= 0.6 is 43.5 Å². The highest BCUT2D eigenvalue weighted by molar-refractivity contribution is 9.10. The van der Waals surface area contributed by atoms with Crippen molar-refractivity contribution < 1.29 is 0 Å². The summed E-state index contributed by atoms with van der Waals surface area (Å²) in [5.41, 5.74) is 2.45. The topological polar surface area (TPSA) is 12.0 Å². The molecule has 0 aliphatic carbocycles. The van der Waals surface area contributed by atoms with Gasteiger partial charge in [-0.3, -0.25) is 0 Å². The van der Waals surface area contributed by atoms with Crippen molar-refractivity contribution in [1.29, 1.82) is 0 Å². The average Bonchev–Trinajstić information content (AvgIpc) is 2.36. The predicted octanol–water partition coefficient (Wildman–Crippen LogP) is 5.15. The van der Waals surface area contributed by atoms with Crippen LogP contribution < -0.4 is 5.32 Å². The van der Waals surface area contributed by atoms with E-state index in [0.717, 1.165) is 27.1 Å². The lowest BCUT2D eigenvalue weighted by atomic mass is 10.2. The van der Waals surface area contributed by atoms with Crippen LogP contribution in [0.5, 0.6) is 0 Å². The Labute approximate surface area is 129 Å². The molecule has 1 N–H and O–H groups in total. The Bertz CT molecular complexity index is 526. The lowest BCUT2D eigenvalue weighted by Crippen LogP contribution is -2.12. The van der Waals surface area contributed by atoms with E-state index in [9.17, 15) is 0 Å². The first-order valence-electron chi connectivity index (χ1n) is 5.54. The summed E-state index contributed by atoms with van der Waals surface area (Å²) in [7, 11) is 0. The summed E-state index contributed by atoms with van der Waals surface area (Å²) >= 11 is 12.9. The third-order valence-corrected chi connectivity index (χ3v) is 4.32. The fraction of sp³-hybridized carbons (Fsp3) is 0.143. The molecule has 0 saturated heterocycles. The number of nitrogens with one attached hydrogen (secondary N) is 1. The van der Waals surface area contributed by atoms with Gasteiger partial charge in [-0.25, -0.2) is 0 Å². The minimum absolute atomic E-state index is 0.748. The third kappa shape index (κ3) is 4.09. The molecule has 0 aliphatic rings. The lowest BCUT2D eigenvalue weighted by molar-refractivity contribution is 0.693. The molecule has 0 spiro atoms. The zero-order valence-electron chi connectivity index (χ0n) is 9.59. The summed E-state index contributed by atoms with van der Waals surface area (Å²) in [6, 6.07) is 14.3. The highest BCUT2D eigenvalue weighted by Crippen LogP contribution is 2.23. The van der Waals surface area contributed by atoms with E-state index in [1.54, 1.807) is 0 Å². The van der Waals surface area contributed by atoms with Crippen LogP contribution in [-0.4, -0.2) is 0 Å². The van der Waals surface area contributed by atoms with Gasteiger partial charge in [-0.2, -0.15) is 0 Å². The molecule has 18 heavy (non-hydrogen) atoms. The van der Waals surface area contributed by atoms with Gasteiger partial charge in [0.05, 0.1) is 5.02 Å². The van der Waals surface area contributed by atoms with Gasteiger partial charge in [0.1, 0.15) is 0 Å². The number of rotatable bonds is 4. The molecule has 4 heteroatoms. The van der Waals surface area contributed by atoms with Crippen LogP contribution in [0.15, 0.2) is 51.4 Å². The van der Waals surface area contributed by atoms with Gasteiger partial charge in [-0.05, 0) is 51.3 Å². The van der Waals surface area contributed by atoms with Gasteiger partial charge in [-0.1, -0.05) is 45.7 Å². The zero-order chi connectivity index (χ0) is 13.0. The second kappa shape index (κ2) is 6.71. The van der Waals surface area contributed by atoms with Crippen molar-refractivity contribution in [2.45, 2.75) is 13.1 Å². The van der Waals surface area contributed by atoms with Gasteiger partial charge in [0, 0.05) is 22.0 Å². The minimum atomic E-state index is 0.748. The smallest absolute Gasteiger partial charge is 0.0551 e. The molecule has 0 heterocycles. The molecule has 0 unspecified atom stereocenters. The molecule has 2 rings (SSSR count). The maximum atomic E-state index is 6.05. The van der Waals surface area contributed by atoms with Gasteiger partial charge in [0.15, 0.2) is 0 Å². The molecule has 0 aromatic heterocycles. The molecule has 0 fully saturated rings. The molecule has 0 atom stereocenters. The Morgan fingerprint density at radius 3 is 2.17 bits per heavy atom. The summed E-state index contributed by atoms with van der Waals surface area (Å²) in [4.78, 5) is 0. The van der Waals surface area contributed by atoms with Gasteiger partial charge in [0.25, 0.3) is 0 Å². The Balaban J connectivity index is 1.88. The Kier molecular flexibility index (Phi) is 5.25. The molecule has 0 radical (unpaired) electrons. The van der Waals surface area contributed by atoms with Crippen LogP contribution in [0.2, 0.25) is 5.02 Å². The normalized spacial score (nSPS) is 10.6. The van der Waals surface area contributed by atoms with Crippen molar-refractivity contribution >= 4 is 43.5 Å². The van der Waals surface area contributed by atoms with Crippen molar-refractivity contribution in [3.8, 4) is 0 Å². The van der Waals surface area contributed by atoms with Gasteiger partial charge < -0.3 is 5.32 Å². The molecular formula is C14H12Br2ClN. The van der Waals surface area contributed by atoms with E-state index in [-0.39, 0.29) is 0 Å². The minimum Gasteiger partial charge on any atom is -0.309 e. The number of hydrogen-bond acceptors (Lipinski definition) is 1. The first kappa shape index (κ1) is 14.1. The summed E-state index contributed by atoms with van der Waals surface area (Å²) < 4.78 is 2.03. The fourth-order valence-corrected chi connectivity index (χ4v) is 2.32. The van der Waals surface area contributed by atoms with Crippen LogP contribution in [0.1, 0.15) is 11.1 Å². The second-order valence-electron chi connectivity index (χ2n) is 3.98. The van der Waals surface area contributed by atoms with Crippen molar-refractivity contribution in [1.82, 2.24) is 5.32 Å². The van der Waals surface area contributed by atoms with E-state index >= 15 is 0 Å². The van der Waals surface area contributed by atoms with Gasteiger partial charge >= 0.3 is 0 Å². The van der Waals surface area contributed by atoms with E-state index in [0.29, 0.717) is 0 Å². The first-order valence-corrected chi connectivity index (χ1v) is 7.50. The quantitative estimate of drug-likeness (QED) is 0.762. The van der Waals surface area contributed by atoms with Crippen LogP contribution in [0.3, 0.4) is 0 Å². The Morgan fingerprint density at radius 2 is 1.50 bits per heavy atom. The predicted molar refractivity (Wildman–Crippen MR) is 83.8 cm³/mol. The summed E-state index contributed by atoms with van der Waals surface area (Å²) in [5.74, 6) is 0. The highest BCUT2D eigenvalue weighted by Gasteiger charge is 1.99. The van der Waals surface area contributed by atoms with Crippen LogP contribution in [-0.2, 0) is 13.1 Å². The van der Waals surface area contributed by atoms with E-state index in [4.69, 9.17) is 11.6 Å². The lowest BCUT2D eigenvalue weighted by Gasteiger charge is -2.06. The monoisotopic (exact) mass is 387 g/mol. The second-order valence-corrected chi connectivity index (χ2v) is 6.16. The van der Waals surface area contributed by atoms with Crippen LogP contribution in [0, 0.1) is 0 Å². The summed E-state index contributed by atoms with van der Waals surface area (Å²) in [5, 5.41) is 4.14. The van der Waals surface area contributed by atoms with Crippen molar-refractivity contribution in [3.63, 3.8) is 0 Å². The van der Waals surface area contributed by atoms with Gasteiger partial charge in [0.2, 0.25) is 0 Å². The molecule has 0 aliphatic heterocycles. The van der Waals surface area contributed by atoms with E-state index < -0.39 is 0 Å². The number of hydrogen-bond donors (Lipinski definition) is 1. The average molecular weight is 390 g/mol. The highest BCUT2D eigenvalue weighted by atomic mass is 79.9.